The van der Waals surface area contributed by atoms with E-state index in [9.17, 15) is 18.0 Å². The summed E-state index contributed by atoms with van der Waals surface area (Å²) in [7, 11) is -3.95. The highest BCUT2D eigenvalue weighted by atomic mass is 32.2. The van der Waals surface area contributed by atoms with Crippen molar-refractivity contribution >= 4 is 38.2 Å². The van der Waals surface area contributed by atoms with Gasteiger partial charge in [0.1, 0.15) is 5.00 Å². The lowest BCUT2D eigenvalue weighted by atomic mass is 10.0. The predicted molar refractivity (Wildman–Crippen MR) is 154 cm³/mol. The van der Waals surface area contributed by atoms with Gasteiger partial charge in [-0.05, 0) is 63.1 Å². The summed E-state index contributed by atoms with van der Waals surface area (Å²) in [5.41, 5.74) is 1.80. The van der Waals surface area contributed by atoms with Crippen LogP contribution in [0, 0.1) is 22.7 Å². The smallest absolute Gasteiger partial charge is 0.257 e. The summed E-state index contributed by atoms with van der Waals surface area (Å²) in [6, 6.07) is 9.41. The van der Waals surface area contributed by atoms with Gasteiger partial charge in [-0.1, -0.05) is 6.92 Å². The highest BCUT2D eigenvalue weighted by molar-refractivity contribution is 7.89. The molecular weight excluding hydrogens is 548 g/mol. The molecule has 1 aliphatic heterocycles. The quantitative estimate of drug-likeness (QED) is 0.375. The van der Waals surface area contributed by atoms with Gasteiger partial charge in [-0.15, -0.1) is 11.3 Å². The fourth-order valence-corrected chi connectivity index (χ4v) is 7.47. The Morgan fingerprint density at radius 1 is 1.05 bits per heavy atom. The van der Waals surface area contributed by atoms with Gasteiger partial charge in [-0.3, -0.25) is 14.5 Å². The van der Waals surface area contributed by atoms with Gasteiger partial charge in [0.05, 0.1) is 22.6 Å². The topological polar surface area (TPSA) is 138 Å². The highest BCUT2D eigenvalue weighted by Gasteiger charge is 2.31. The van der Waals surface area contributed by atoms with Crippen LogP contribution in [0.1, 0.15) is 71.2 Å². The molecule has 0 saturated carbocycles. The predicted octanol–water partition coefficient (Wildman–Crippen LogP) is 4.07. The molecule has 0 fully saturated rings. The van der Waals surface area contributed by atoms with Crippen LogP contribution in [-0.4, -0.2) is 73.6 Å². The Labute approximate surface area is 240 Å². The molecule has 0 saturated heterocycles. The standard InChI is InChI=1S/C28H36N6O4S2/c1-4-16-32-19-13-23-24(20-32)39-27(25(23)28(36)33(5-2)6-3)31-26(35)21-9-11-22(12-10-21)40(37,38)34(17-7-14-29)18-8-15-30/h9-12H,4-8,13,16-20H2,1-3H3,(H,31,35). The second-order valence-corrected chi connectivity index (χ2v) is 12.5. The molecule has 40 heavy (non-hydrogen) atoms. The molecule has 3 rings (SSSR count). The van der Waals surface area contributed by atoms with Crippen LogP contribution in [0.25, 0.3) is 0 Å². The van der Waals surface area contributed by atoms with Crippen molar-refractivity contribution in [3.05, 3.63) is 45.8 Å². The number of thiophene rings is 1. The number of carbonyl (C=O) groups is 2. The molecule has 0 bridgehead atoms. The molecule has 2 heterocycles. The van der Waals surface area contributed by atoms with Crippen LogP contribution in [0.5, 0.6) is 0 Å². The molecule has 214 valence electrons. The summed E-state index contributed by atoms with van der Waals surface area (Å²) in [4.78, 5) is 32.0. The average molecular weight is 585 g/mol. The van der Waals surface area contributed by atoms with Crippen LogP contribution in [0.3, 0.4) is 0 Å². The van der Waals surface area contributed by atoms with Gasteiger partial charge in [-0.25, -0.2) is 8.42 Å². The molecule has 1 aromatic carbocycles. The lowest BCUT2D eigenvalue weighted by Gasteiger charge is -2.27. The molecule has 1 aromatic heterocycles. The number of nitriles is 2. The van der Waals surface area contributed by atoms with Crippen molar-refractivity contribution < 1.29 is 18.0 Å². The number of hydrogen-bond acceptors (Lipinski definition) is 8. The summed E-state index contributed by atoms with van der Waals surface area (Å²) < 4.78 is 27.3. The number of hydrogen-bond donors (Lipinski definition) is 1. The Morgan fingerprint density at radius 3 is 2.23 bits per heavy atom. The fraction of sp³-hybridized carbons (Fsp3) is 0.500. The number of rotatable bonds is 13. The van der Waals surface area contributed by atoms with Crippen molar-refractivity contribution in [2.24, 2.45) is 0 Å². The Bertz CT molecular complexity index is 1370. The largest absolute Gasteiger partial charge is 0.339 e. The van der Waals surface area contributed by atoms with E-state index in [4.69, 9.17) is 10.5 Å². The number of carbonyl (C=O) groups excluding carboxylic acids is 2. The van der Waals surface area contributed by atoms with Crippen molar-refractivity contribution in [2.75, 3.05) is 44.6 Å². The number of anilines is 1. The zero-order valence-corrected chi connectivity index (χ0v) is 24.9. The molecule has 0 unspecified atom stereocenters. The monoisotopic (exact) mass is 584 g/mol. The highest BCUT2D eigenvalue weighted by Crippen LogP contribution is 2.38. The average Bonchev–Trinajstić information content (AvgIpc) is 3.30. The van der Waals surface area contributed by atoms with Crippen LogP contribution < -0.4 is 5.32 Å². The third kappa shape index (κ3) is 7.07. The minimum atomic E-state index is -3.95. The van der Waals surface area contributed by atoms with E-state index in [0.717, 1.165) is 47.2 Å². The number of benzene rings is 1. The van der Waals surface area contributed by atoms with Crippen LogP contribution >= 0.6 is 11.3 Å². The Balaban J connectivity index is 1.88. The van der Waals surface area contributed by atoms with Crippen molar-refractivity contribution in [1.29, 1.82) is 10.5 Å². The summed E-state index contributed by atoms with van der Waals surface area (Å²) in [5.74, 6) is -0.537. The Hall–Kier alpha value is -3.29. The van der Waals surface area contributed by atoms with Crippen molar-refractivity contribution in [2.45, 2.75) is 57.9 Å². The molecule has 0 radical (unpaired) electrons. The number of nitrogens with zero attached hydrogens (tertiary/aromatic N) is 5. The van der Waals surface area contributed by atoms with E-state index >= 15 is 0 Å². The maximum absolute atomic E-state index is 13.5. The van der Waals surface area contributed by atoms with Gasteiger partial charge >= 0.3 is 0 Å². The first-order valence-corrected chi connectivity index (χ1v) is 15.8. The van der Waals surface area contributed by atoms with Gasteiger partial charge in [0.15, 0.2) is 0 Å². The minimum Gasteiger partial charge on any atom is -0.339 e. The van der Waals surface area contributed by atoms with E-state index in [-0.39, 0.29) is 42.3 Å². The first-order valence-electron chi connectivity index (χ1n) is 13.5. The molecule has 1 aliphatic rings. The fourth-order valence-electron chi connectivity index (χ4n) is 4.75. The lowest BCUT2D eigenvalue weighted by Crippen LogP contribution is -2.34. The third-order valence-corrected chi connectivity index (χ3v) is 9.91. The SMILES string of the molecule is CCCN1CCc2c(sc(NC(=O)c3ccc(S(=O)(=O)N(CCC#N)CCC#N)cc3)c2C(=O)N(CC)CC)C1. The summed E-state index contributed by atoms with van der Waals surface area (Å²) in [5, 5.41) is 21.2. The molecular formula is C28H36N6O4S2. The second-order valence-electron chi connectivity index (χ2n) is 9.41. The van der Waals surface area contributed by atoms with E-state index < -0.39 is 15.9 Å². The van der Waals surface area contributed by atoms with Crippen LogP contribution in [0.2, 0.25) is 0 Å². The van der Waals surface area contributed by atoms with E-state index in [1.807, 2.05) is 26.0 Å². The zero-order chi connectivity index (χ0) is 29.3. The van der Waals surface area contributed by atoms with Gasteiger partial charge in [0.25, 0.3) is 11.8 Å². The van der Waals surface area contributed by atoms with Crippen molar-refractivity contribution in [1.82, 2.24) is 14.1 Å². The maximum Gasteiger partial charge on any atom is 0.257 e. The van der Waals surface area contributed by atoms with Crippen molar-refractivity contribution in [3.63, 3.8) is 0 Å². The third-order valence-electron chi connectivity index (χ3n) is 6.87. The second kappa shape index (κ2) is 14.4. The molecule has 2 amide bonds. The first kappa shape index (κ1) is 31.2. The summed E-state index contributed by atoms with van der Waals surface area (Å²) in [6.07, 6.45) is 1.78. The molecule has 10 nitrogen and oxygen atoms in total. The molecule has 0 atom stereocenters. The van der Waals surface area contributed by atoms with E-state index in [2.05, 4.69) is 17.1 Å². The van der Waals surface area contributed by atoms with Gasteiger partial charge < -0.3 is 10.2 Å². The molecule has 12 heteroatoms. The number of sulfonamides is 1. The summed E-state index contributed by atoms with van der Waals surface area (Å²) in [6.45, 7) is 9.64. The Kier molecular flexibility index (Phi) is 11.2. The van der Waals surface area contributed by atoms with Gasteiger partial charge in [-0.2, -0.15) is 14.8 Å². The number of amides is 2. The van der Waals surface area contributed by atoms with Gasteiger partial charge in [0.2, 0.25) is 10.0 Å². The van der Waals surface area contributed by atoms with E-state index in [1.165, 1.54) is 35.6 Å². The van der Waals surface area contributed by atoms with Crippen molar-refractivity contribution in [3.8, 4) is 12.1 Å². The summed E-state index contributed by atoms with van der Waals surface area (Å²) >= 11 is 1.43. The van der Waals surface area contributed by atoms with Crippen LogP contribution in [0.15, 0.2) is 29.2 Å². The number of nitrogens with one attached hydrogen (secondary N) is 1. The number of fused-ring (bicyclic) bond motifs is 1. The minimum absolute atomic E-state index is 0.000682. The van der Waals surface area contributed by atoms with E-state index in [1.54, 1.807) is 4.90 Å². The van der Waals surface area contributed by atoms with Gasteiger partial charge in [0, 0.05) is 62.6 Å². The molecule has 0 spiro atoms. The zero-order valence-electron chi connectivity index (χ0n) is 23.3. The normalized spacial score (nSPS) is 13.3. The van der Waals surface area contributed by atoms with E-state index in [0.29, 0.717) is 23.7 Å². The molecule has 1 N–H and O–H groups in total. The molecule has 2 aromatic rings. The first-order chi connectivity index (χ1) is 19.2. The lowest BCUT2D eigenvalue weighted by molar-refractivity contribution is 0.0772. The Morgan fingerprint density at radius 2 is 1.68 bits per heavy atom. The molecule has 0 aliphatic carbocycles. The van der Waals surface area contributed by atoms with Crippen LogP contribution in [-0.2, 0) is 23.0 Å². The maximum atomic E-state index is 13.5. The van der Waals surface area contributed by atoms with Crippen LogP contribution in [0.4, 0.5) is 5.00 Å².